The molecule has 3 aromatic rings. The Kier molecular flexibility index (Phi) is 4.75. The number of hydrogen-bond donors (Lipinski definition) is 1. The van der Waals surface area contributed by atoms with Crippen molar-refractivity contribution in [2.75, 3.05) is 5.43 Å². The lowest BCUT2D eigenvalue weighted by Crippen LogP contribution is -1.91. The Bertz CT molecular complexity index is 770. The quantitative estimate of drug-likeness (QED) is 0.309. The number of hydrogen-bond acceptors (Lipinski definition) is 4. The van der Waals surface area contributed by atoms with Gasteiger partial charge in [0.25, 0.3) is 0 Å². The van der Waals surface area contributed by atoms with Gasteiger partial charge in [0.15, 0.2) is 0 Å². The predicted octanol–water partition coefficient (Wildman–Crippen LogP) is 4.19. The molecule has 0 aliphatic carbocycles. The first-order valence-corrected chi connectivity index (χ1v) is 7.80. The average Bonchev–Trinajstić information content (AvgIpc) is 2.56. The number of halogens is 1. The topological polar surface area (TPSA) is 50.2 Å². The van der Waals surface area contributed by atoms with Crippen LogP contribution < -0.4 is 5.43 Å². The lowest BCUT2D eigenvalue weighted by atomic mass is 10.1. The summed E-state index contributed by atoms with van der Waals surface area (Å²) in [6, 6.07) is 15.9. The molecule has 0 saturated carbocycles. The Labute approximate surface area is 142 Å². The van der Waals surface area contributed by atoms with Crippen LogP contribution in [0.3, 0.4) is 0 Å². The first kappa shape index (κ1) is 14.6. The van der Waals surface area contributed by atoms with Crippen LogP contribution in [0, 0.1) is 3.70 Å². The van der Waals surface area contributed by atoms with E-state index in [0.29, 0.717) is 0 Å². The summed E-state index contributed by atoms with van der Waals surface area (Å²) in [5.41, 5.74) is 7.20. The van der Waals surface area contributed by atoms with Gasteiger partial charge in [0.1, 0.15) is 3.70 Å². The summed E-state index contributed by atoms with van der Waals surface area (Å²) in [7, 11) is 0. The zero-order valence-electron chi connectivity index (χ0n) is 11.6. The van der Waals surface area contributed by atoms with Crippen molar-refractivity contribution in [1.82, 2.24) is 9.97 Å². The fourth-order valence-corrected chi connectivity index (χ4v) is 2.47. The molecule has 0 radical (unpaired) electrons. The molecule has 4 nitrogen and oxygen atoms in total. The van der Waals surface area contributed by atoms with Crippen LogP contribution >= 0.6 is 22.6 Å². The first-order valence-electron chi connectivity index (χ1n) is 6.72. The zero-order chi connectivity index (χ0) is 15.2. The van der Waals surface area contributed by atoms with Gasteiger partial charge in [0, 0.05) is 18.6 Å². The van der Waals surface area contributed by atoms with Gasteiger partial charge in [-0.3, -0.25) is 15.4 Å². The SMILES string of the molecule is Ic1cc(/C=N/Nc2ccc(-c3cccnc3)cc2)ccn1. The van der Waals surface area contributed by atoms with Crippen molar-refractivity contribution >= 4 is 34.5 Å². The summed E-state index contributed by atoms with van der Waals surface area (Å²) in [5, 5.41) is 4.24. The highest BCUT2D eigenvalue weighted by Crippen LogP contribution is 2.20. The van der Waals surface area contributed by atoms with Crippen LogP contribution in [-0.2, 0) is 0 Å². The number of nitrogens with zero attached hydrogens (tertiary/aromatic N) is 3. The van der Waals surface area contributed by atoms with Crippen LogP contribution in [0.25, 0.3) is 11.1 Å². The lowest BCUT2D eigenvalue weighted by Gasteiger charge is -2.03. The molecular formula is C17H13IN4. The third-order valence-electron chi connectivity index (χ3n) is 3.04. The van der Waals surface area contributed by atoms with E-state index < -0.39 is 0 Å². The van der Waals surface area contributed by atoms with E-state index in [9.17, 15) is 0 Å². The molecule has 1 aromatic carbocycles. The molecular weight excluding hydrogens is 387 g/mol. The number of rotatable bonds is 4. The minimum absolute atomic E-state index is 0.938. The highest BCUT2D eigenvalue weighted by molar-refractivity contribution is 14.1. The van der Waals surface area contributed by atoms with E-state index in [-0.39, 0.29) is 0 Å². The van der Waals surface area contributed by atoms with E-state index in [1.807, 2.05) is 54.7 Å². The normalized spacial score (nSPS) is 10.8. The Hall–Kier alpha value is -2.28. The summed E-state index contributed by atoms with van der Waals surface area (Å²) in [4.78, 5) is 8.27. The molecule has 2 heterocycles. The largest absolute Gasteiger partial charge is 0.279 e. The maximum absolute atomic E-state index is 4.24. The minimum Gasteiger partial charge on any atom is -0.279 e. The maximum Gasteiger partial charge on any atom is 0.102 e. The van der Waals surface area contributed by atoms with Crippen molar-refractivity contribution in [3.05, 3.63) is 76.4 Å². The van der Waals surface area contributed by atoms with Crippen LogP contribution in [0.15, 0.2) is 72.2 Å². The Morgan fingerprint density at radius 2 is 1.86 bits per heavy atom. The molecule has 5 heteroatoms. The molecule has 22 heavy (non-hydrogen) atoms. The number of hydrazone groups is 1. The summed E-state index contributed by atoms with van der Waals surface area (Å²) < 4.78 is 0.947. The monoisotopic (exact) mass is 400 g/mol. The second-order valence-corrected chi connectivity index (χ2v) is 5.71. The minimum atomic E-state index is 0.938. The van der Waals surface area contributed by atoms with Crippen LogP contribution in [0.2, 0.25) is 0 Å². The molecule has 0 aliphatic heterocycles. The Morgan fingerprint density at radius 3 is 2.59 bits per heavy atom. The first-order chi connectivity index (χ1) is 10.8. The van der Waals surface area contributed by atoms with Crippen LogP contribution in [0.4, 0.5) is 5.69 Å². The van der Waals surface area contributed by atoms with E-state index in [1.54, 1.807) is 18.6 Å². The fraction of sp³-hybridized carbons (Fsp3) is 0. The Balaban J connectivity index is 1.67. The van der Waals surface area contributed by atoms with Gasteiger partial charge in [-0.15, -0.1) is 0 Å². The van der Waals surface area contributed by atoms with E-state index in [4.69, 9.17) is 0 Å². The molecule has 0 saturated heterocycles. The van der Waals surface area contributed by atoms with Gasteiger partial charge in [0.05, 0.1) is 11.9 Å². The van der Waals surface area contributed by atoms with Crippen molar-refractivity contribution in [3.8, 4) is 11.1 Å². The van der Waals surface area contributed by atoms with Crippen molar-refractivity contribution in [2.45, 2.75) is 0 Å². The van der Waals surface area contributed by atoms with Crippen molar-refractivity contribution in [2.24, 2.45) is 5.10 Å². The van der Waals surface area contributed by atoms with E-state index in [0.717, 1.165) is 26.1 Å². The molecule has 0 bridgehead atoms. The van der Waals surface area contributed by atoms with Crippen molar-refractivity contribution in [1.29, 1.82) is 0 Å². The molecule has 0 amide bonds. The van der Waals surface area contributed by atoms with Gasteiger partial charge in [-0.25, -0.2) is 0 Å². The highest BCUT2D eigenvalue weighted by atomic mass is 127. The fourth-order valence-electron chi connectivity index (χ4n) is 1.95. The molecule has 2 aromatic heterocycles. The number of pyridine rings is 2. The average molecular weight is 400 g/mol. The van der Waals surface area contributed by atoms with Gasteiger partial charge < -0.3 is 0 Å². The van der Waals surface area contributed by atoms with E-state index in [2.05, 4.69) is 43.1 Å². The number of anilines is 1. The third-order valence-corrected chi connectivity index (χ3v) is 3.63. The summed E-state index contributed by atoms with van der Waals surface area (Å²) >= 11 is 2.18. The zero-order valence-corrected chi connectivity index (χ0v) is 13.8. The summed E-state index contributed by atoms with van der Waals surface area (Å²) in [6.07, 6.45) is 7.17. The van der Waals surface area contributed by atoms with Crippen molar-refractivity contribution < 1.29 is 0 Å². The molecule has 0 atom stereocenters. The van der Waals surface area contributed by atoms with Gasteiger partial charge in [-0.1, -0.05) is 18.2 Å². The number of nitrogens with one attached hydrogen (secondary N) is 1. The van der Waals surface area contributed by atoms with Crippen LogP contribution in [0.5, 0.6) is 0 Å². The summed E-state index contributed by atoms with van der Waals surface area (Å²) in [6.45, 7) is 0. The van der Waals surface area contributed by atoms with E-state index in [1.165, 1.54) is 0 Å². The van der Waals surface area contributed by atoms with Gasteiger partial charge in [-0.2, -0.15) is 5.10 Å². The number of aromatic nitrogens is 2. The maximum atomic E-state index is 4.24. The van der Waals surface area contributed by atoms with Crippen LogP contribution in [0.1, 0.15) is 5.56 Å². The highest BCUT2D eigenvalue weighted by Gasteiger charge is 1.97. The second kappa shape index (κ2) is 7.13. The molecule has 108 valence electrons. The van der Waals surface area contributed by atoms with Gasteiger partial charge >= 0.3 is 0 Å². The number of benzene rings is 1. The van der Waals surface area contributed by atoms with Gasteiger partial charge in [0.2, 0.25) is 0 Å². The summed E-state index contributed by atoms with van der Waals surface area (Å²) in [5.74, 6) is 0. The third kappa shape index (κ3) is 3.88. The smallest absolute Gasteiger partial charge is 0.102 e. The Morgan fingerprint density at radius 1 is 1.00 bits per heavy atom. The molecule has 0 fully saturated rings. The second-order valence-electron chi connectivity index (χ2n) is 4.60. The molecule has 1 N–H and O–H groups in total. The van der Waals surface area contributed by atoms with Gasteiger partial charge in [-0.05, 0) is 69.6 Å². The molecule has 0 unspecified atom stereocenters. The molecule has 3 rings (SSSR count). The molecule has 0 spiro atoms. The molecule has 0 aliphatic rings. The lowest BCUT2D eigenvalue weighted by molar-refractivity contribution is 1.26. The van der Waals surface area contributed by atoms with E-state index >= 15 is 0 Å². The van der Waals surface area contributed by atoms with Crippen LogP contribution in [-0.4, -0.2) is 16.2 Å². The van der Waals surface area contributed by atoms with Crippen molar-refractivity contribution in [3.63, 3.8) is 0 Å². The predicted molar refractivity (Wildman–Crippen MR) is 97.8 cm³/mol. The standard InChI is InChI=1S/C17H13IN4/c18-17-10-13(7-9-20-17)11-21-22-16-5-3-14(4-6-16)15-2-1-8-19-12-15/h1-12,22H/b21-11+.